The molecule has 0 unspecified atom stereocenters. The second-order valence-corrected chi connectivity index (χ2v) is 6.03. The van der Waals surface area contributed by atoms with Crippen molar-refractivity contribution in [2.75, 3.05) is 0 Å². The number of ether oxygens (including phenoxy) is 1. The van der Waals surface area contributed by atoms with Crippen LogP contribution in [-0.4, -0.2) is 19.9 Å². The third-order valence-corrected chi connectivity index (χ3v) is 4.19. The molecule has 0 aliphatic heterocycles. The van der Waals surface area contributed by atoms with Gasteiger partial charge in [0.05, 0.1) is 11.3 Å². The van der Waals surface area contributed by atoms with Gasteiger partial charge in [0.2, 0.25) is 5.88 Å². The van der Waals surface area contributed by atoms with Crippen molar-refractivity contribution in [2.24, 2.45) is 0 Å². The second-order valence-electron chi connectivity index (χ2n) is 6.03. The van der Waals surface area contributed by atoms with E-state index < -0.39 is 11.7 Å². The normalized spacial score (nSPS) is 11.6. The predicted octanol–water partition coefficient (Wildman–Crippen LogP) is 5.21. The van der Waals surface area contributed by atoms with Crippen LogP contribution in [0.2, 0.25) is 0 Å². The average molecular weight is 382 g/mol. The standard InChI is InChI=1S/C20H13F3N4O/c1-12-15-3-2-4-17(19(15)27-10-24-12)28-18-9-16(25-11-26-18)13-5-7-14(8-6-13)20(21,22)23/h2-11H,1H3. The Morgan fingerprint density at radius 3 is 2.36 bits per heavy atom. The Balaban J connectivity index is 1.66. The van der Waals surface area contributed by atoms with Gasteiger partial charge < -0.3 is 4.74 Å². The molecule has 0 bridgehead atoms. The molecular formula is C20H13F3N4O. The number of fused-ring (bicyclic) bond motifs is 1. The van der Waals surface area contributed by atoms with Crippen LogP contribution in [0.25, 0.3) is 22.2 Å². The van der Waals surface area contributed by atoms with Gasteiger partial charge in [-0.05, 0) is 25.1 Å². The van der Waals surface area contributed by atoms with Crippen LogP contribution in [-0.2, 0) is 6.18 Å². The first kappa shape index (κ1) is 17.8. The molecule has 8 heteroatoms. The van der Waals surface area contributed by atoms with Crippen molar-refractivity contribution in [3.05, 3.63) is 72.4 Å². The summed E-state index contributed by atoms with van der Waals surface area (Å²) in [7, 11) is 0. The lowest BCUT2D eigenvalue weighted by Gasteiger charge is -2.10. The highest BCUT2D eigenvalue weighted by atomic mass is 19.4. The van der Waals surface area contributed by atoms with Crippen LogP contribution in [0.3, 0.4) is 0 Å². The highest BCUT2D eigenvalue weighted by Gasteiger charge is 2.30. The summed E-state index contributed by atoms with van der Waals surface area (Å²) in [4.78, 5) is 16.6. The first-order chi connectivity index (χ1) is 13.4. The summed E-state index contributed by atoms with van der Waals surface area (Å²) in [6.45, 7) is 1.88. The van der Waals surface area contributed by atoms with Gasteiger partial charge in [0.15, 0.2) is 5.75 Å². The molecule has 0 amide bonds. The zero-order chi connectivity index (χ0) is 19.7. The van der Waals surface area contributed by atoms with Crippen LogP contribution in [0, 0.1) is 6.92 Å². The number of alkyl halides is 3. The molecule has 2 aromatic carbocycles. The molecule has 28 heavy (non-hydrogen) atoms. The summed E-state index contributed by atoms with van der Waals surface area (Å²) in [5, 5.41) is 0.858. The minimum Gasteiger partial charge on any atom is -0.437 e. The summed E-state index contributed by atoms with van der Waals surface area (Å²) in [5.74, 6) is 0.758. The Morgan fingerprint density at radius 1 is 0.857 bits per heavy atom. The maximum atomic E-state index is 12.7. The van der Waals surface area contributed by atoms with E-state index in [2.05, 4.69) is 19.9 Å². The summed E-state index contributed by atoms with van der Waals surface area (Å²) < 4.78 is 44.1. The lowest BCUT2D eigenvalue weighted by molar-refractivity contribution is -0.137. The van der Waals surface area contributed by atoms with Crippen LogP contribution in [0.1, 0.15) is 11.3 Å². The van der Waals surface area contributed by atoms with Gasteiger partial charge in [-0.1, -0.05) is 24.3 Å². The molecule has 0 saturated heterocycles. The predicted molar refractivity (Wildman–Crippen MR) is 96.8 cm³/mol. The fraction of sp³-hybridized carbons (Fsp3) is 0.100. The fourth-order valence-electron chi connectivity index (χ4n) is 2.77. The highest BCUT2D eigenvalue weighted by molar-refractivity contribution is 5.86. The van der Waals surface area contributed by atoms with Crippen molar-refractivity contribution in [1.82, 2.24) is 19.9 Å². The van der Waals surface area contributed by atoms with E-state index in [-0.39, 0.29) is 5.88 Å². The molecule has 5 nitrogen and oxygen atoms in total. The minimum atomic E-state index is -4.38. The maximum absolute atomic E-state index is 12.7. The van der Waals surface area contributed by atoms with Crippen molar-refractivity contribution in [2.45, 2.75) is 13.1 Å². The van der Waals surface area contributed by atoms with Gasteiger partial charge in [-0.25, -0.2) is 19.9 Å². The van der Waals surface area contributed by atoms with Crippen molar-refractivity contribution in [3.8, 4) is 22.9 Å². The highest BCUT2D eigenvalue weighted by Crippen LogP contribution is 2.32. The SMILES string of the molecule is Cc1ncnc2c(Oc3cc(-c4ccc(C(F)(F)F)cc4)ncn3)cccc12. The van der Waals surface area contributed by atoms with Gasteiger partial charge >= 0.3 is 6.18 Å². The van der Waals surface area contributed by atoms with E-state index in [9.17, 15) is 13.2 Å². The largest absolute Gasteiger partial charge is 0.437 e. The number of hydrogen-bond donors (Lipinski definition) is 0. The van der Waals surface area contributed by atoms with Crippen molar-refractivity contribution < 1.29 is 17.9 Å². The molecule has 0 aliphatic rings. The smallest absolute Gasteiger partial charge is 0.416 e. The lowest BCUT2D eigenvalue weighted by atomic mass is 10.1. The average Bonchev–Trinajstić information content (AvgIpc) is 2.69. The molecule has 4 rings (SSSR count). The van der Waals surface area contributed by atoms with E-state index in [4.69, 9.17) is 4.74 Å². The number of aryl methyl sites for hydroxylation is 1. The number of rotatable bonds is 3. The third kappa shape index (κ3) is 3.48. The van der Waals surface area contributed by atoms with Gasteiger partial charge in [0.1, 0.15) is 18.2 Å². The zero-order valence-corrected chi connectivity index (χ0v) is 14.6. The Labute approximate surface area is 157 Å². The molecule has 0 N–H and O–H groups in total. The number of nitrogens with zero attached hydrogens (tertiary/aromatic N) is 4. The second kappa shape index (κ2) is 6.88. The van der Waals surface area contributed by atoms with E-state index in [0.717, 1.165) is 23.2 Å². The number of hydrogen-bond acceptors (Lipinski definition) is 5. The van der Waals surface area contributed by atoms with Crippen LogP contribution >= 0.6 is 0 Å². The summed E-state index contributed by atoms with van der Waals surface area (Å²) in [6.07, 6.45) is -1.63. The lowest BCUT2D eigenvalue weighted by Crippen LogP contribution is -2.04. The maximum Gasteiger partial charge on any atom is 0.416 e. The van der Waals surface area contributed by atoms with Gasteiger partial charge in [-0.15, -0.1) is 0 Å². The summed E-state index contributed by atoms with van der Waals surface area (Å²) in [6, 6.07) is 11.8. The topological polar surface area (TPSA) is 60.8 Å². The number of benzene rings is 2. The molecule has 0 aliphatic carbocycles. The zero-order valence-electron chi connectivity index (χ0n) is 14.6. The van der Waals surface area contributed by atoms with E-state index >= 15 is 0 Å². The van der Waals surface area contributed by atoms with E-state index in [1.165, 1.54) is 24.8 Å². The van der Waals surface area contributed by atoms with Crippen LogP contribution in [0.15, 0.2) is 61.2 Å². The molecule has 2 aromatic heterocycles. The van der Waals surface area contributed by atoms with E-state index in [1.54, 1.807) is 12.1 Å². The number of halogens is 3. The van der Waals surface area contributed by atoms with Gasteiger partial charge in [0, 0.05) is 22.7 Å². The van der Waals surface area contributed by atoms with Crippen molar-refractivity contribution >= 4 is 10.9 Å². The molecule has 0 fully saturated rings. The molecule has 0 atom stereocenters. The Bertz CT molecular complexity index is 1140. The summed E-state index contributed by atoms with van der Waals surface area (Å²) in [5.41, 5.74) is 1.72. The monoisotopic (exact) mass is 382 g/mol. The molecule has 0 spiro atoms. The molecule has 140 valence electrons. The minimum absolute atomic E-state index is 0.258. The Hall–Kier alpha value is -3.55. The number of aromatic nitrogens is 4. The van der Waals surface area contributed by atoms with Crippen molar-refractivity contribution in [3.63, 3.8) is 0 Å². The van der Waals surface area contributed by atoms with Gasteiger partial charge in [0.25, 0.3) is 0 Å². The van der Waals surface area contributed by atoms with E-state index in [1.807, 2.05) is 19.1 Å². The molecule has 0 radical (unpaired) electrons. The summed E-state index contributed by atoms with van der Waals surface area (Å²) >= 11 is 0. The molecular weight excluding hydrogens is 369 g/mol. The van der Waals surface area contributed by atoms with Crippen molar-refractivity contribution in [1.29, 1.82) is 0 Å². The third-order valence-electron chi connectivity index (χ3n) is 4.19. The van der Waals surface area contributed by atoms with Crippen LogP contribution in [0.4, 0.5) is 13.2 Å². The van der Waals surface area contributed by atoms with E-state index in [0.29, 0.717) is 22.5 Å². The molecule has 0 saturated carbocycles. The first-order valence-corrected chi connectivity index (χ1v) is 8.30. The molecule has 4 aromatic rings. The molecule has 2 heterocycles. The number of para-hydroxylation sites is 1. The first-order valence-electron chi connectivity index (χ1n) is 8.30. The Morgan fingerprint density at radius 2 is 1.61 bits per heavy atom. The Kier molecular flexibility index (Phi) is 4.38. The fourth-order valence-corrected chi connectivity index (χ4v) is 2.77. The van der Waals surface area contributed by atoms with Gasteiger partial charge in [-0.2, -0.15) is 13.2 Å². The van der Waals surface area contributed by atoms with Gasteiger partial charge in [-0.3, -0.25) is 0 Å². The van der Waals surface area contributed by atoms with Crippen LogP contribution in [0.5, 0.6) is 11.6 Å². The van der Waals surface area contributed by atoms with Crippen LogP contribution < -0.4 is 4.74 Å². The quantitative estimate of drug-likeness (QED) is 0.487.